The van der Waals surface area contributed by atoms with Crippen LogP contribution < -0.4 is 10.1 Å². The zero-order chi connectivity index (χ0) is 22.1. The summed E-state index contributed by atoms with van der Waals surface area (Å²) in [5.74, 6) is 1.79. The first-order valence-electron chi connectivity index (χ1n) is 10.5. The van der Waals surface area contributed by atoms with Gasteiger partial charge in [0, 0.05) is 30.4 Å². The molecule has 1 N–H and O–H groups in total. The van der Waals surface area contributed by atoms with E-state index in [0.29, 0.717) is 16.9 Å². The van der Waals surface area contributed by atoms with Crippen molar-refractivity contribution in [3.63, 3.8) is 0 Å². The predicted molar refractivity (Wildman–Crippen MR) is 121 cm³/mol. The molecule has 1 aliphatic rings. The number of nitrogens with zero attached hydrogens (tertiary/aromatic N) is 5. The van der Waals surface area contributed by atoms with Gasteiger partial charge in [0.1, 0.15) is 28.9 Å². The number of ether oxygens (including phenoxy) is 1. The monoisotopic (exact) mass is 452 g/mol. The average molecular weight is 453 g/mol. The Kier molecular flexibility index (Phi) is 5.53. The molecule has 0 unspecified atom stereocenters. The van der Waals surface area contributed by atoms with E-state index < -0.39 is 0 Å². The fourth-order valence-corrected chi connectivity index (χ4v) is 4.28. The minimum absolute atomic E-state index is 0.0131. The Morgan fingerprint density at radius 1 is 1.19 bits per heavy atom. The van der Waals surface area contributed by atoms with Crippen molar-refractivity contribution in [2.75, 3.05) is 12.4 Å². The highest BCUT2D eigenvalue weighted by Crippen LogP contribution is 2.33. The molecule has 4 aromatic rings. The third kappa shape index (κ3) is 4.05. The summed E-state index contributed by atoms with van der Waals surface area (Å²) in [5.41, 5.74) is 2.54. The van der Waals surface area contributed by atoms with Gasteiger partial charge in [0.15, 0.2) is 0 Å². The third-order valence-electron chi connectivity index (χ3n) is 5.64. The molecule has 0 amide bonds. The summed E-state index contributed by atoms with van der Waals surface area (Å²) in [7, 11) is 1.61. The molecule has 1 aliphatic heterocycles. The Morgan fingerprint density at radius 3 is 2.88 bits per heavy atom. The Labute approximate surface area is 189 Å². The first-order valence-corrected chi connectivity index (χ1v) is 10.8. The van der Waals surface area contributed by atoms with Crippen LogP contribution in [0.5, 0.6) is 5.75 Å². The molecule has 164 valence electrons. The lowest BCUT2D eigenvalue weighted by Crippen LogP contribution is -2.08. The predicted octanol–water partition coefficient (Wildman–Crippen LogP) is 5.32. The van der Waals surface area contributed by atoms with E-state index >= 15 is 0 Å². The number of halogens is 2. The van der Waals surface area contributed by atoms with Gasteiger partial charge in [-0.05, 0) is 42.7 Å². The summed E-state index contributed by atoms with van der Waals surface area (Å²) in [6.07, 6.45) is 6.32. The molecule has 2 aromatic heterocycles. The Balaban J connectivity index is 1.44. The van der Waals surface area contributed by atoms with Gasteiger partial charge in [0.2, 0.25) is 5.95 Å². The number of benzene rings is 2. The van der Waals surface area contributed by atoms with Crippen LogP contribution in [0.15, 0.2) is 55.0 Å². The number of methoxy groups -OCH3 is 1. The van der Waals surface area contributed by atoms with Gasteiger partial charge in [-0.3, -0.25) is 0 Å². The maximum Gasteiger partial charge on any atom is 0.246 e. The van der Waals surface area contributed by atoms with Crippen LogP contribution in [-0.2, 0) is 6.54 Å². The first-order chi connectivity index (χ1) is 15.6. The topological polar surface area (TPSA) is 69.8 Å². The van der Waals surface area contributed by atoms with Crippen LogP contribution in [-0.4, -0.2) is 31.4 Å². The zero-order valence-electron chi connectivity index (χ0n) is 17.5. The molecule has 0 fully saturated rings. The van der Waals surface area contributed by atoms with E-state index in [1.54, 1.807) is 36.3 Å². The van der Waals surface area contributed by atoms with E-state index in [2.05, 4.69) is 15.4 Å². The van der Waals surface area contributed by atoms with Gasteiger partial charge in [-0.2, -0.15) is 4.98 Å². The molecule has 0 radical (unpaired) electrons. The van der Waals surface area contributed by atoms with E-state index in [9.17, 15) is 4.39 Å². The number of fused-ring (bicyclic) bond motifs is 1. The number of hydrogen-bond donors (Lipinski definition) is 1. The van der Waals surface area contributed by atoms with Crippen LogP contribution in [0.25, 0.3) is 5.69 Å². The SMILES string of the molecule is COc1cc(Nc2nc3n(n2)CCCC[C@@H]3c2cccc(F)c2)ccc1-n1cnc(Cl)c1. The van der Waals surface area contributed by atoms with Crippen molar-refractivity contribution >= 4 is 23.2 Å². The number of rotatable bonds is 5. The lowest BCUT2D eigenvalue weighted by molar-refractivity contribution is 0.413. The molecule has 2 aromatic carbocycles. The summed E-state index contributed by atoms with van der Waals surface area (Å²) in [6, 6.07) is 12.5. The number of aryl methyl sites for hydroxylation is 1. The van der Waals surface area contributed by atoms with Gasteiger partial charge in [-0.1, -0.05) is 30.2 Å². The molecule has 5 rings (SSSR count). The lowest BCUT2D eigenvalue weighted by Gasteiger charge is -2.14. The molecule has 7 nitrogen and oxygen atoms in total. The van der Waals surface area contributed by atoms with Crippen LogP contribution in [0.1, 0.15) is 36.6 Å². The molecule has 0 spiro atoms. The molecule has 3 heterocycles. The highest BCUT2D eigenvalue weighted by Gasteiger charge is 2.25. The lowest BCUT2D eigenvalue weighted by atomic mass is 9.93. The van der Waals surface area contributed by atoms with Crippen molar-refractivity contribution in [1.82, 2.24) is 24.3 Å². The van der Waals surface area contributed by atoms with Gasteiger partial charge in [0.25, 0.3) is 0 Å². The van der Waals surface area contributed by atoms with Crippen LogP contribution in [0.3, 0.4) is 0 Å². The van der Waals surface area contributed by atoms with E-state index in [0.717, 1.165) is 48.6 Å². The van der Waals surface area contributed by atoms with Gasteiger partial charge in [-0.25, -0.2) is 14.1 Å². The highest BCUT2D eigenvalue weighted by atomic mass is 35.5. The van der Waals surface area contributed by atoms with Crippen molar-refractivity contribution < 1.29 is 9.13 Å². The Hall–Kier alpha value is -3.39. The second-order valence-electron chi connectivity index (χ2n) is 7.74. The van der Waals surface area contributed by atoms with Crippen LogP contribution in [0.2, 0.25) is 5.15 Å². The molecule has 32 heavy (non-hydrogen) atoms. The minimum Gasteiger partial charge on any atom is -0.494 e. The fraction of sp³-hybridized carbons (Fsp3) is 0.261. The maximum absolute atomic E-state index is 13.8. The van der Waals surface area contributed by atoms with Crippen molar-refractivity contribution in [3.8, 4) is 11.4 Å². The molecule has 0 saturated heterocycles. The second-order valence-corrected chi connectivity index (χ2v) is 8.12. The van der Waals surface area contributed by atoms with E-state index in [-0.39, 0.29) is 11.7 Å². The molecule has 1 atom stereocenters. The van der Waals surface area contributed by atoms with Gasteiger partial charge < -0.3 is 14.6 Å². The summed E-state index contributed by atoms with van der Waals surface area (Å²) in [5, 5.41) is 8.35. The van der Waals surface area contributed by atoms with Crippen molar-refractivity contribution in [2.45, 2.75) is 31.7 Å². The normalized spacial score (nSPS) is 15.8. The third-order valence-corrected chi connectivity index (χ3v) is 5.84. The number of aromatic nitrogens is 5. The zero-order valence-corrected chi connectivity index (χ0v) is 18.3. The summed E-state index contributed by atoms with van der Waals surface area (Å²) in [4.78, 5) is 8.83. The molecule has 0 aliphatic carbocycles. The molecular formula is C23H22ClFN6O. The largest absolute Gasteiger partial charge is 0.494 e. The fourth-order valence-electron chi connectivity index (χ4n) is 4.14. The highest BCUT2D eigenvalue weighted by molar-refractivity contribution is 6.29. The molecular weight excluding hydrogens is 431 g/mol. The smallest absolute Gasteiger partial charge is 0.246 e. The molecule has 0 saturated carbocycles. The van der Waals surface area contributed by atoms with Crippen LogP contribution in [0.4, 0.5) is 16.0 Å². The Morgan fingerprint density at radius 2 is 2.09 bits per heavy atom. The van der Waals surface area contributed by atoms with E-state index in [1.807, 2.05) is 28.9 Å². The van der Waals surface area contributed by atoms with Gasteiger partial charge >= 0.3 is 0 Å². The van der Waals surface area contributed by atoms with Crippen LogP contribution >= 0.6 is 11.6 Å². The van der Waals surface area contributed by atoms with Crippen LogP contribution in [0, 0.1) is 5.82 Å². The average Bonchev–Trinajstić information content (AvgIpc) is 3.34. The summed E-state index contributed by atoms with van der Waals surface area (Å²) in [6.45, 7) is 0.791. The minimum atomic E-state index is -0.234. The van der Waals surface area contributed by atoms with Gasteiger partial charge in [0.05, 0.1) is 12.8 Å². The summed E-state index contributed by atoms with van der Waals surface area (Å²) < 4.78 is 23.1. The Bertz CT molecular complexity index is 1250. The van der Waals surface area contributed by atoms with Crippen molar-refractivity contribution in [2.24, 2.45) is 0 Å². The first kappa shape index (κ1) is 20.5. The van der Waals surface area contributed by atoms with Crippen molar-refractivity contribution in [3.05, 3.63) is 77.3 Å². The number of hydrogen-bond acceptors (Lipinski definition) is 5. The molecule has 0 bridgehead atoms. The van der Waals surface area contributed by atoms with Gasteiger partial charge in [-0.15, -0.1) is 5.10 Å². The quantitative estimate of drug-likeness (QED) is 0.443. The molecule has 9 heteroatoms. The number of nitrogens with one attached hydrogen (secondary N) is 1. The van der Waals surface area contributed by atoms with E-state index in [4.69, 9.17) is 21.3 Å². The van der Waals surface area contributed by atoms with Crippen molar-refractivity contribution in [1.29, 1.82) is 0 Å². The number of anilines is 2. The maximum atomic E-state index is 13.8. The van der Waals surface area contributed by atoms with E-state index in [1.165, 1.54) is 6.07 Å². The summed E-state index contributed by atoms with van der Waals surface area (Å²) >= 11 is 5.95. The standard InChI is InChI=1S/C23H22ClFN6O/c1-32-20-12-17(8-9-19(20)30-13-21(24)26-14-30)27-23-28-22-18(7-2-3-10-31(22)29-23)15-5-4-6-16(25)11-15/h4-6,8-9,11-14,18H,2-3,7,10H2,1H3,(H,27,29)/t18-/m1/s1. The second kappa shape index (κ2) is 8.63. The number of imidazole rings is 1.